The summed E-state index contributed by atoms with van der Waals surface area (Å²) >= 11 is 0. The van der Waals surface area contributed by atoms with Gasteiger partial charge in [0.15, 0.2) is 0 Å². The number of amides is 1. The zero-order valence-electron chi connectivity index (χ0n) is 13.6. The van der Waals surface area contributed by atoms with Crippen molar-refractivity contribution in [3.8, 4) is 0 Å². The molecule has 0 bridgehead atoms. The highest BCUT2D eigenvalue weighted by molar-refractivity contribution is 6.04. The minimum absolute atomic E-state index is 0.279. The average molecular weight is 315 g/mol. The van der Waals surface area contributed by atoms with Crippen LogP contribution in [-0.2, 0) is 0 Å². The smallest absolute Gasteiger partial charge is 0.255 e. The van der Waals surface area contributed by atoms with Gasteiger partial charge in [0.05, 0.1) is 11.9 Å². The fourth-order valence-corrected chi connectivity index (χ4v) is 2.33. The molecule has 0 aliphatic heterocycles. The quantitative estimate of drug-likeness (QED) is 0.836. The third kappa shape index (κ3) is 4.77. The first-order chi connectivity index (χ1) is 11.1. The van der Waals surface area contributed by atoms with Crippen LogP contribution in [0.25, 0.3) is 0 Å². The highest BCUT2D eigenvalue weighted by atomic mass is 19.1. The first kappa shape index (κ1) is 16.9. The molecular weight excluding hydrogens is 293 g/mol. The van der Waals surface area contributed by atoms with E-state index >= 15 is 0 Å². The lowest BCUT2D eigenvalue weighted by molar-refractivity contribution is 0.102. The van der Waals surface area contributed by atoms with Crippen LogP contribution in [-0.4, -0.2) is 24.0 Å². The minimum Gasteiger partial charge on any atom is -0.357 e. The number of hydrogen-bond donors (Lipinski definition) is 1. The van der Waals surface area contributed by atoms with Gasteiger partial charge in [-0.3, -0.25) is 4.79 Å². The van der Waals surface area contributed by atoms with Crippen LogP contribution < -0.4 is 10.2 Å². The summed E-state index contributed by atoms with van der Waals surface area (Å²) in [6.07, 6.45) is 3.77. The second-order valence-corrected chi connectivity index (χ2v) is 5.35. The van der Waals surface area contributed by atoms with Crippen LogP contribution >= 0.6 is 0 Å². The average Bonchev–Trinajstić information content (AvgIpc) is 2.56. The van der Waals surface area contributed by atoms with Gasteiger partial charge in [0.25, 0.3) is 5.91 Å². The Morgan fingerprint density at radius 2 is 1.74 bits per heavy atom. The maximum absolute atomic E-state index is 12.9. The second kappa shape index (κ2) is 8.27. The van der Waals surface area contributed by atoms with Crippen LogP contribution in [0, 0.1) is 5.82 Å². The molecule has 1 heterocycles. The Morgan fingerprint density at radius 1 is 1.09 bits per heavy atom. The van der Waals surface area contributed by atoms with E-state index in [1.165, 1.54) is 24.3 Å². The summed E-state index contributed by atoms with van der Waals surface area (Å²) in [5, 5.41) is 2.77. The van der Waals surface area contributed by atoms with Gasteiger partial charge in [0.2, 0.25) is 0 Å². The van der Waals surface area contributed by atoms with E-state index in [1.54, 1.807) is 6.20 Å². The molecule has 0 radical (unpaired) electrons. The van der Waals surface area contributed by atoms with Crippen molar-refractivity contribution in [3.63, 3.8) is 0 Å². The van der Waals surface area contributed by atoms with Gasteiger partial charge in [-0.05, 0) is 49.2 Å². The summed E-state index contributed by atoms with van der Waals surface area (Å²) in [6, 6.07) is 9.19. The van der Waals surface area contributed by atoms with Crippen molar-refractivity contribution in [2.75, 3.05) is 23.3 Å². The highest BCUT2D eigenvalue weighted by Crippen LogP contribution is 2.16. The van der Waals surface area contributed by atoms with E-state index in [-0.39, 0.29) is 11.7 Å². The van der Waals surface area contributed by atoms with Crippen LogP contribution in [0.5, 0.6) is 0 Å². The number of nitrogens with one attached hydrogen (secondary N) is 1. The molecule has 0 unspecified atom stereocenters. The lowest BCUT2D eigenvalue weighted by Crippen LogP contribution is -2.25. The van der Waals surface area contributed by atoms with E-state index in [0.717, 1.165) is 31.7 Å². The largest absolute Gasteiger partial charge is 0.357 e. The van der Waals surface area contributed by atoms with Crippen LogP contribution in [0.15, 0.2) is 42.6 Å². The highest BCUT2D eigenvalue weighted by Gasteiger charge is 2.08. The van der Waals surface area contributed by atoms with Gasteiger partial charge in [0, 0.05) is 18.7 Å². The zero-order chi connectivity index (χ0) is 16.7. The molecule has 0 spiro atoms. The van der Waals surface area contributed by atoms with Crippen molar-refractivity contribution in [1.82, 2.24) is 4.98 Å². The Labute approximate surface area is 136 Å². The van der Waals surface area contributed by atoms with Crippen LogP contribution in [0.2, 0.25) is 0 Å². The van der Waals surface area contributed by atoms with Crippen molar-refractivity contribution in [3.05, 3.63) is 54.0 Å². The van der Waals surface area contributed by atoms with Crippen LogP contribution in [0.3, 0.4) is 0 Å². The number of hydrogen-bond acceptors (Lipinski definition) is 3. The molecule has 1 amide bonds. The summed E-state index contributed by atoms with van der Waals surface area (Å²) in [6.45, 7) is 6.20. The molecule has 0 aliphatic rings. The summed E-state index contributed by atoms with van der Waals surface area (Å²) in [5.41, 5.74) is 1.03. The van der Waals surface area contributed by atoms with Gasteiger partial charge in [-0.15, -0.1) is 0 Å². The Bertz CT molecular complexity index is 620. The third-order valence-corrected chi connectivity index (χ3v) is 3.42. The van der Waals surface area contributed by atoms with Crippen molar-refractivity contribution in [2.45, 2.75) is 26.7 Å². The number of carbonyl (C=O) groups is 1. The molecule has 4 nitrogen and oxygen atoms in total. The number of halogens is 1. The van der Waals surface area contributed by atoms with Gasteiger partial charge in [-0.2, -0.15) is 0 Å². The molecule has 23 heavy (non-hydrogen) atoms. The monoisotopic (exact) mass is 315 g/mol. The van der Waals surface area contributed by atoms with Crippen molar-refractivity contribution >= 4 is 17.4 Å². The van der Waals surface area contributed by atoms with Crippen molar-refractivity contribution in [1.29, 1.82) is 0 Å². The number of rotatable bonds is 7. The molecule has 0 fully saturated rings. The molecule has 2 rings (SSSR count). The predicted octanol–water partition coefficient (Wildman–Crippen LogP) is 4.10. The maximum atomic E-state index is 12.9. The summed E-state index contributed by atoms with van der Waals surface area (Å²) in [7, 11) is 0. The fourth-order valence-electron chi connectivity index (χ4n) is 2.33. The van der Waals surface area contributed by atoms with E-state index in [4.69, 9.17) is 0 Å². The Kier molecular flexibility index (Phi) is 6.09. The maximum Gasteiger partial charge on any atom is 0.255 e. The minimum atomic E-state index is -0.362. The predicted molar refractivity (Wildman–Crippen MR) is 91.4 cm³/mol. The van der Waals surface area contributed by atoms with E-state index in [2.05, 4.69) is 29.0 Å². The number of carbonyl (C=O) groups excluding carboxylic acids is 1. The first-order valence-corrected chi connectivity index (χ1v) is 7.92. The van der Waals surface area contributed by atoms with E-state index in [0.29, 0.717) is 11.3 Å². The summed E-state index contributed by atoms with van der Waals surface area (Å²) < 4.78 is 12.9. The molecule has 1 aromatic heterocycles. The van der Waals surface area contributed by atoms with Gasteiger partial charge < -0.3 is 10.2 Å². The summed E-state index contributed by atoms with van der Waals surface area (Å²) in [5.74, 6) is 0.270. The fraction of sp³-hybridized carbons (Fsp3) is 0.333. The third-order valence-electron chi connectivity index (χ3n) is 3.42. The lowest BCUT2D eigenvalue weighted by atomic mass is 10.2. The van der Waals surface area contributed by atoms with Gasteiger partial charge in [-0.25, -0.2) is 9.37 Å². The molecule has 1 N–H and O–H groups in total. The molecule has 1 aromatic carbocycles. The van der Waals surface area contributed by atoms with Gasteiger partial charge >= 0.3 is 0 Å². The van der Waals surface area contributed by atoms with Crippen LogP contribution in [0.4, 0.5) is 15.9 Å². The molecule has 2 aromatic rings. The van der Waals surface area contributed by atoms with Gasteiger partial charge in [-0.1, -0.05) is 13.8 Å². The van der Waals surface area contributed by atoms with Crippen LogP contribution in [0.1, 0.15) is 37.0 Å². The number of benzene rings is 1. The van der Waals surface area contributed by atoms with Gasteiger partial charge in [0.1, 0.15) is 11.6 Å². The molecule has 5 heteroatoms. The number of anilines is 2. The van der Waals surface area contributed by atoms with E-state index in [9.17, 15) is 9.18 Å². The lowest BCUT2D eigenvalue weighted by Gasteiger charge is -2.22. The molecular formula is C18H22FN3O. The normalized spacial score (nSPS) is 10.4. The second-order valence-electron chi connectivity index (χ2n) is 5.35. The number of nitrogens with zero attached hydrogens (tertiary/aromatic N) is 2. The Morgan fingerprint density at radius 3 is 2.26 bits per heavy atom. The molecule has 0 saturated carbocycles. The molecule has 0 saturated heterocycles. The number of pyridine rings is 1. The topological polar surface area (TPSA) is 45.2 Å². The van der Waals surface area contributed by atoms with E-state index in [1.807, 2.05) is 12.1 Å². The standard InChI is InChI=1S/C18H22FN3O/c1-3-11-22(12-4-2)17-10-9-16(13-20-17)21-18(23)14-5-7-15(19)8-6-14/h5-10,13H,3-4,11-12H2,1-2H3,(H,21,23). The first-order valence-electron chi connectivity index (χ1n) is 7.92. The van der Waals surface area contributed by atoms with Crippen molar-refractivity contribution in [2.24, 2.45) is 0 Å². The SMILES string of the molecule is CCCN(CCC)c1ccc(NC(=O)c2ccc(F)cc2)cn1. The summed E-state index contributed by atoms with van der Waals surface area (Å²) in [4.78, 5) is 18.7. The van der Waals surface area contributed by atoms with E-state index < -0.39 is 0 Å². The molecule has 0 aliphatic carbocycles. The Balaban J connectivity index is 2.04. The van der Waals surface area contributed by atoms with Crippen molar-refractivity contribution < 1.29 is 9.18 Å². The number of aromatic nitrogens is 1. The Hall–Kier alpha value is -2.43. The zero-order valence-corrected chi connectivity index (χ0v) is 13.6. The molecule has 0 atom stereocenters. The molecule has 122 valence electrons.